The Hall–Kier alpha value is -2.52. The van der Waals surface area contributed by atoms with Crippen LogP contribution in [0.1, 0.15) is 16.7 Å². The molecular formula is C23H18Se. The summed E-state index contributed by atoms with van der Waals surface area (Å²) in [7, 11) is 0. The van der Waals surface area contributed by atoms with Crippen LogP contribution in [-0.4, -0.2) is 15.0 Å². The third kappa shape index (κ3) is 5.00. The molecule has 0 aliphatic heterocycles. The summed E-state index contributed by atoms with van der Waals surface area (Å²) in [4.78, 5) is 0. The van der Waals surface area contributed by atoms with Gasteiger partial charge < -0.3 is 0 Å². The number of rotatable bonds is 4. The minimum absolute atomic E-state index is 0.355. The zero-order valence-electron chi connectivity index (χ0n) is 13.4. The molecule has 116 valence electrons. The quantitative estimate of drug-likeness (QED) is 0.447. The molecule has 0 aromatic heterocycles. The Morgan fingerprint density at radius 3 is 2.00 bits per heavy atom. The molecule has 0 amide bonds. The van der Waals surface area contributed by atoms with E-state index in [1.807, 2.05) is 30.3 Å². The second-order valence-electron chi connectivity index (χ2n) is 5.28. The van der Waals surface area contributed by atoms with Crippen molar-refractivity contribution in [1.29, 1.82) is 0 Å². The van der Waals surface area contributed by atoms with Crippen molar-refractivity contribution in [2.45, 2.75) is 5.32 Å². The fourth-order valence-corrected chi connectivity index (χ4v) is 4.27. The van der Waals surface area contributed by atoms with Crippen molar-refractivity contribution in [1.82, 2.24) is 0 Å². The molecule has 3 aromatic rings. The molecule has 0 fully saturated rings. The Morgan fingerprint density at radius 2 is 1.33 bits per heavy atom. The van der Waals surface area contributed by atoms with E-state index < -0.39 is 0 Å². The summed E-state index contributed by atoms with van der Waals surface area (Å²) < 4.78 is 1.34. The van der Waals surface area contributed by atoms with Crippen LogP contribution >= 0.6 is 0 Å². The average molecular weight is 373 g/mol. The summed E-state index contributed by atoms with van der Waals surface area (Å²) in [6.07, 6.45) is 2.09. The fourth-order valence-electron chi connectivity index (χ4n) is 2.25. The molecule has 0 radical (unpaired) electrons. The van der Waals surface area contributed by atoms with Crippen LogP contribution in [0.4, 0.5) is 0 Å². The normalized spacial score (nSPS) is 10.8. The van der Waals surface area contributed by atoms with Crippen molar-refractivity contribution >= 4 is 19.4 Å². The molecule has 0 nitrogen and oxygen atoms in total. The van der Waals surface area contributed by atoms with Gasteiger partial charge in [0.2, 0.25) is 0 Å². The monoisotopic (exact) mass is 374 g/mol. The van der Waals surface area contributed by atoms with Crippen LogP contribution in [-0.2, 0) is 5.32 Å². The molecule has 0 N–H and O–H groups in total. The first-order valence-electron chi connectivity index (χ1n) is 7.91. The van der Waals surface area contributed by atoms with Gasteiger partial charge in [-0.1, -0.05) is 0 Å². The topological polar surface area (TPSA) is 0 Å². The van der Waals surface area contributed by atoms with Gasteiger partial charge in [0.05, 0.1) is 0 Å². The van der Waals surface area contributed by atoms with E-state index in [2.05, 4.69) is 78.6 Å². The van der Waals surface area contributed by atoms with Gasteiger partial charge in [0.15, 0.2) is 0 Å². The van der Waals surface area contributed by atoms with Gasteiger partial charge in [0.25, 0.3) is 0 Å². The van der Waals surface area contributed by atoms with Crippen molar-refractivity contribution < 1.29 is 0 Å². The molecule has 0 spiro atoms. The molecule has 0 aliphatic carbocycles. The fraction of sp³-hybridized carbons (Fsp3) is 0.0435. The second-order valence-corrected chi connectivity index (χ2v) is 7.42. The number of hydrogen-bond acceptors (Lipinski definition) is 0. The van der Waals surface area contributed by atoms with E-state index in [4.69, 9.17) is 0 Å². The molecular weight excluding hydrogens is 355 g/mol. The van der Waals surface area contributed by atoms with E-state index in [0.717, 1.165) is 10.9 Å². The zero-order chi connectivity index (χ0) is 16.5. The van der Waals surface area contributed by atoms with Crippen molar-refractivity contribution in [3.8, 4) is 11.8 Å². The summed E-state index contributed by atoms with van der Waals surface area (Å²) in [6, 6.07) is 31.4. The predicted octanol–water partition coefficient (Wildman–Crippen LogP) is 4.98. The molecule has 0 aliphatic rings. The summed E-state index contributed by atoms with van der Waals surface area (Å²) in [5.41, 5.74) is 3.71. The number of benzene rings is 3. The molecule has 3 aromatic carbocycles. The average Bonchev–Trinajstić information content (AvgIpc) is 2.67. The molecule has 0 saturated carbocycles. The minimum atomic E-state index is 0.355. The van der Waals surface area contributed by atoms with Gasteiger partial charge in [-0.15, -0.1) is 0 Å². The first kappa shape index (κ1) is 16.3. The van der Waals surface area contributed by atoms with E-state index in [1.54, 1.807) is 0 Å². The molecule has 3 rings (SSSR count). The van der Waals surface area contributed by atoms with Gasteiger partial charge in [-0.2, -0.15) is 0 Å². The van der Waals surface area contributed by atoms with E-state index in [0.29, 0.717) is 15.0 Å². The van der Waals surface area contributed by atoms with Crippen molar-refractivity contribution in [2.24, 2.45) is 0 Å². The van der Waals surface area contributed by atoms with E-state index >= 15 is 0 Å². The van der Waals surface area contributed by atoms with Gasteiger partial charge in [0, 0.05) is 0 Å². The van der Waals surface area contributed by atoms with Gasteiger partial charge in [-0.3, -0.25) is 0 Å². The van der Waals surface area contributed by atoms with Gasteiger partial charge in [-0.25, -0.2) is 0 Å². The Kier molecular flexibility index (Phi) is 6.09. The molecule has 0 unspecified atom stereocenters. The first-order valence-corrected chi connectivity index (χ1v) is 9.97. The Labute approximate surface area is 150 Å². The Morgan fingerprint density at radius 1 is 0.750 bits per heavy atom. The van der Waals surface area contributed by atoms with Crippen LogP contribution in [0.15, 0.2) is 97.1 Å². The van der Waals surface area contributed by atoms with E-state index in [9.17, 15) is 0 Å². The van der Waals surface area contributed by atoms with Crippen molar-refractivity contribution in [2.75, 3.05) is 0 Å². The van der Waals surface area contributed by atoms with Crippen LogP contribution in [0.25, 0.3) is 4.47 Å². The molecule has 0 heterocycles. The third-order valence-electron chi connectivity index (χ3n) is 3.49. The SMILES string of the molecule is C(#Cc1ccccc1)/C=C(\[Se]Cc1ccccc1)c1ccccc1. The Balaban J connectivity index is 1.80. The van der Waals surface area contributed by atoms with Gasteiger partial charge in [-0.05, 0) is 0 Å². The molecule has 0 atom stereocenters. The summed E-state index contributed by atoms with van der Waals surface area (Å²) >= 11 is 0.355. The van der Waals surface area contributed by atoms with Crippen LogP contribution in [0.5, 0.6) is 0 Å². The molecule has 0 saturated heterocycles. The molecule has 24 heavy (non-hydrogen) atoms. The second kappa shape index (κ2) is 8.94. The number of allylic oxidation sites excluding steroid dienone is 1. The zero-order valence-corrected chi connectivity index (χ0v) is 15.1. The van der Waals surface area contributed by atoms with Crippen molar-refractivity contribution in [3.63, 3.8) is 0 Å². The summed E-state index contributed by atoms with van der Waals surface area (Å²) in [5.74, 6) is 6.47. The number of hydrogen-bond donors (Lipinski definition) is 0. The van der Waals surface area contributed by atoms with Crippen LogP contribution in [0, 0.1) is 11.8 Å². The Bertz CT molecular complexity index is 838. The maximum absolute atomic E-state index is 3.24. The third-order valence-corrected chi connectivity index (χ3v) is 5.89. The predicted molar refractivity (Wildman–Crippen MR) is 104 cm³/mol. The van der Waals surface area contributed by atoms with Gasteiger partial charge in [0.1, 0.15) is 0 Å². The molecule has 1 heteroatoms. The van der Waals surface area contributed by atoms with E-state index in [1.165, 1.54) is 15.6 Å². The van der Waals surface area contributed by atoms with Crippen LogP contribution in [0.3, 0.4) is 0 Å². The summed E-state index contributed by atoms with van der Waals surface area (Å²) in [6.45, 7) is 0. The van der Waals surface area contributed by atoms with Crippen LogP contribution in [0.2, 0.25) is 0 Å². The molecule has 0 bridgehead atoms. The van der Waals surface area contributed by atoms with Gasteiger partial charge >= 0.3 is 150 Å². The first-order chi connectivity index (χ1) is 11.9. The standard InChI is InChI=1S/C23H18Se/c1-4-11-20(12-5-1)15-10-18-23(22-16-8-3-9-17-22)24-19-21-13-6-2-7-14-21/h1-9,11-14,16-18H,19H2/b23-18-. The van der Waals surface area contributed by atoms with E-state index in [-0.39, 0.29) is 0 Å². The summed E-state index contributed by atoms with van der Waals surface area (Å²) in [5, 5.41) is 1.08. The van der Waals surface area contributed by atoms with Crippen molar-refractivity contribution in [3.05, 3.63) is 114 Å². The maximum atomic E-state index is 3.24. The van der Waals surface area contributed by atoms with Crippen LogP contribution < -0.4 is 0 Å².